The van der Waals surface area contributed by atoms with Crippen molar-refractivity contribution in [3.63, 3.8) is 0 Å². The van der Waals surface area contributed by atoms with Crippen LogP contribution in [0.5, 0.6) is 0 Å². The molecular weight excluding hydrogens is 304 g/mol. The van der Waals surface area contributed by atoms with Crippen molar-refractivity contribution in [3.8, 4) is 0 Å². The van der Waals surface area contributed by atoms with Crippen LogP contribution in [0.15, 0.2) is 12.2 Å². The van der Waals surface area contributed by atoms with Crippen molar-refractivity contribution in [2.75, 3.05) is 0 Å². The zero-order chi connectivity index (χ0) is 17.8. The van der Waals surface area contributed by atoms with Gasteiger partial charge in [-0.1, -0.05) is 26.0 Å². The van der Waals surface area contributed by atoms with E-state index in [-0.39, 0.29) is 35.4 Å². The van der Waals surface area contributed by atoms with Crippen LogP contribution in [0.1, 0.15) is 47.0 Å². The van der Waals surface area contributed by atoms with Crippen LogP contribution in [-0.2, 0) is 14.4 Å². The van der Waals surface area contributed by atoms with Gasteiger partial charge in [0.2, 0.25) is 11.6 Å². The van der Waals surface area contributed by atoms with E-state index in [1.807, 2.05) is 13.8 Å². The van der Waals surface area contributed by atoms with Crippen LogP contribution >= 0.6 is 0 Å². The topological polar surface area (TPSA) is 71.4 Å². The number of aliphatic hydroxyl groups is 1. The van der Waals surface area contributed by atoms with Gasteiger partial charge in [0, 0.05) is 5.92 Å². The quantitative estimate of drug-likeness (QED) is 0.455. The maximum absolute atomic E-state index is 13.7. The van der Waals surface area contributed by atoms with Crippen LogP contribution in [0.3, 0.4) is 0 Å². The molecular formula is C20H26O4. The minimum absolute atomic E-state index is 0.0167. The lowest BCUT2D eigenvalue weighted by molar-refractivity contribution is -0.201. The SMILES string of the molecule is C=C(C)C1C2CC(C)C3CCC(C)C4(O)C(=O)C(=O)C1(C)C(=O)C324. The van der Waals surface area contributed by atoms with E-state index in [0.717, 1.165) is 18.4 Å². The number of allylic oxidation sites excluding steroid dienone is 1. The molecule has 4 nitrogen and oxygen atoms in total. The number of Topliss-reactive ketones (excluding diaryl/α,β-unsaturated/α-hetero) is 3. The first-order chi connectivity index (χ1) is 11.1. The largest absolute Gasteiger partial charge is 0.380 e. The van der Waals surface area contributed by atoms with Gasteiger partial charge in [-0.3, -0.25) is 14.4 Å². The van der Waals surface area contributed by atoms with Crippen molar-refractivity contribution in [2.45, 2.75) is 52.6 Å². The number of hydrogen-bond acceptors (Lipinski definition) is 4. The highest BCUT2D eigenvalue weighted by molar-refractivity contribution is 6.50. The third-order valence-corrected chi connectivity index (χ3v) is 8.16. The molecule has 0 amide bonds. The normalized spacial score (nSPS) is 55.7. The Morgan fingerprint density at radius 2 is 1.75 bits per heavy atom. The van der Waals surface area contributed by atoms with E-state index in [1.165, 1.54) is 0 Å². The smallest absolute Gasteiger partial charge is 0.232 e. The average Bonchev–Trinajstić information content (AvgIpc) is 2.88. The highest BCUT2D eigenvalue weighted by Crippen LogP contribution is 2.76. The van der Waals surface area contributed by atoms with Crippen LogP contribution in [-0.4, -0.2) is 28.1 Å². The predicted molar refractivity (Wildman–Crippen MR) is 88.0 cm³/mol. The summed E-state index contributed by atoms with van der Waals surface area (Å²) < 4.78 is 0. The molecule has 1 spiro atoms. The lowest BCUT2D eigenvalue weighted by atomic mass is 9.46. The molecule has 0 aromatic heterocycles. The Balaban J connectivity index is 2.10. The van der Waals surface area contributed by atoms with Gasteiger partial charge in [-0.05, 0) is 56.8 Å². The van der Waals surface area contributed by atoms with Gasteiger partial charge < -0.3 is 5.11 Å². The van der Waals surface area contributed by atoms with E-state index in [0.29, 0.717) is 6.42 Å². The summed E-state index contributed by atoms with van der Waals surface area (Å²) in [5, 5.41) is 11.6. The predicted octanol–water partition coefficient (Wildman–Crippen LogP) is 2.34. The maximum atomic E-state index is 13.7. The molecule has 1 N–H and O–H groups in total. The lowest BCUT2D eigenvalue weighted by Crippen LogP contribution is -2.73. The molecule has 0 radical (unpaired) electrons. The average molecular weight is 330 g/mol. The minimum atomic E-state index is -1.83. The highest BCUT2D eigenvalue weighted by Gasteiger charge is 2.86. The van der Waals surface area contributed by atoms with E-state index in [4.69, 9.17) is 0 Å². The molecule has 4 fully saturated rings. The van der Waals surface area contributed by atoms with Gasteiger partial charge in [0.25, 0.3) is 0 Å². The van der Waals surface area contributed by atoms with Gasteiger partial charge in [-0.15, -0.1) is 0 Å². The number of hydrogen-bond donors (Lipinski definition) is 1. The van der Waals surface area contributed by atoms with Crippen LogP contribution < -0.4 is 0 Å². The molecule has 8 atom stereocenters. The van der Waals surface area contributed by atoms with E-state index >= 15 is 0 Å². The molecule has 0 heterocycles. The number of carbonyl (C=O) groups is 3. The van der Waals surface area contributed by atoms with Crippen molar-refractivity contribution in [1.82, 2.24) is 0 Å². The number of rotatable bonds is 1. The Morgan fingerprint density at radius 1 is 1.12 bits per heavy atom. The standard InChI is InChI=1S/C20H26O4/c1-9(2)14-13-8-10(3)12-7-6-11(4)20(24)16(22)15(21)18(14,5)17(23)19(12,13)20/h10-14,24H,1,6-8H2,2-5H3. The van der Waals surface area contributed by atoms with Crippen molar-refractivity contribution in [2.24, 2.45) is 40.4 Å². The Kier molecular flexibility index (Phi) is 2.88. The molecule has 8 unspecified atom stereocenters. The fourth-order valence-electron chi connectivity index (χ4n) is 7.38. The summed E-state index contributed by atoms with van der Waals surface area (Å²) >= 11 is 0. The minimum Gasteiger partial charge on any atom is -0.380 e. The second-order valence-corrected chi connectivity index (χ2v) is 9.05. The van der Waals surface area contributed by atoms with Crippen molar-refractivity contribution >= 4 is 17.3 Å². The fraction of sp³-hybridized carbons (Fsp3) is 0.750. The fourth-order valence-corrected chi connectivity index (χ4v) is 7.38. The van der Waals surface area contributed by atoms with Gasteiger partial charge in [0.15, 0.2) is 5.78 Å². The summed E-state index contributed by atoms with van der Waals surface area (Å²) in [4.78, 5) is 39.8. The van der Waals surface area contributed by atoms with Crippen molar-refractivity contribution < 1.29 is 19.5 Å². The van der Waals surface area contributed by atoms with Crippen LogP contribution in [0.4, 0.5) is 0 Å². The Morgan fingerprint density at radius 3 is 2.33 bits per heavy atom. The summed E-state index contributed by atoms with van der Waals surface area (Å²) in [6.45, 7) is 11.5. The van der Waals surface area contributed by atoms with Crippen molar-refractivity contribution in [3.05, 3.63) is 12.2 Å². The molecule has 24 heavy (non-hydrogen) atoms. The van der Waals surface area contributed by atoms with Gasteiger partial charge in [-0.2, -0.15) is 0 Å². The summed E-state index contributed by atoms with van der Waals surface area (Å²) in [6, 6.07) is 0. The number of carbonyl (C=O) groups excluding carboxylic acids is 3. The summed E-state index contributed by atoms with van der Waals surface area (Å²) in [6.07, 6.45) is 2.30. The molecule has 4 aliphatic rings. The first kappa shape index (κ1) is 16.2. The highest BCUT2D eigenvalue weighted by atomic mass is 16.3. The molecule has 0 saturated heterocycles. The van der Waals surface area contributed by atoms with Gasteiger partial charge in [-0.25, -0.2) is 0 Å². The first-order valence-electron chi connectivity index (χ1n) is 9.09. The second-order valence-electron chi connectivity index (χ2n) is 9.05. The van der Waals surface area contributed by atoms with Crippen LogP contribution in [0.2, 0.25) is 0 Å². The summed E-state index contributed by atoms with van der Waals surface area (Å²) in [7, 11) is 0. The third kappa shape index (κ3) is 1.24. The molecule has 4 saturated carbocycles. The summed E-state index contributed by atoms with van der Waals surface area (Å²) in [5.41, 5.74) is -3.48. The van der Waals surface area contributed by atoms with Gasteiger partial charge in [0.1, 0.15) is 5.60 Å². The molecule has 0 aliphatic heterocycles. The molecule has 0 aromatic carbocycles. The zero-order valence-electron chi connectivity index (χ0n) is 14.9. The Labute approximate surface area is 142 Å². The molecule has 4 rings (SSSR count). The molecule has 130 valence electrons. The molecule has 0 aromatic rings. The van der Waals surface area contributed by atoms with E-state index < -0.39 is 28.0 Å². The third-order valence-electron chi connectivity index (χ3n) is 8.16. The van der Waals surface area contributed by atoms with Crippen LogP contribution in [0.25, 0.3) is 0 Å². The zero-order valence-corrected chi connectivity index (χ0v) is 14.9. The van der Waals surface area contributed by atoms with Gasteiger partial charge in [0.05, 0.1) is 10.8 Å². The first-order valence-corrected chi connectivity index (χ1v) is 9.09. The van der Waals surface area contributed by atoms with E-state index in [2.05, 4.69) is 13.5 Å². The molecule has 2 bridgehead atoms. The maximum Gasteiger partial charge on any atom is 0.232 e. The number of ketones is 3. The molecule has 4 heteroatoms. The molecule has 4 aliphatic carbocycles. The number of fused-ring (bicyclic) bond motifs is 1. The van der Waals surface area contributed by atoms with Crippen molar-refractivity contribution in [1.29, 1.82) is 0 Å². The van der Waals surface area contributed by atoms with E-state index in [1.54, 1.807) is 6.92 Å². The van der Waals surface area contributed by atoms with Gasteiger partial charge >= 0.3 is 0 Å². The second kappa shape index (κ2) is 4.27. The monoisotopic (exact) mass is 330 g/mol. The van der Waals surface area contributed by atoms with Crippen LogP contribution in [0, 0.1) is 40.4 Å². The van der Waals surface area contributed by atoms with E-state index in [9.17, 15) is 19.5 Å². The Hall–Kier alpha value is -1.29. The summed E-state index contributed by atoms with van der Waals surface area (Å²) in [5.74, 6) is -2.20. The lowest BCUT2D eigenvalue weighted by Gasteiger charge is -2.56. The Bertz CT molecular complexity index is 708.